The zero-order valence-corrected chi connectivity index (χ0v) is 13.5. The first-order chi connectivity index (χ1) is 11.0. The molecule has 0 saturated carbocycles. The van der Waals surface area contributed by atoms with Crippen LogP contribution in [0.1, 0.15) is 29.7 Å². The van der Waals surface area contributed by atoms with E-state index < -0.39 is 0 Å². The molecule has 4 heteroatoms. The second-order valence-electron chi connectivity index (χ2n) is 5.36. The maximum atomic E-state index is 13.1. The van der Waals surface area contributed by atoms with E-state index in [1.165, 1.54) is 18.2 Å². The van der Waals surface area contributed by atoms with E-state index in [0.717, 1.165) is 16.9 Å². The molecular formula is C19H20FNO2. The average Bonchev–Trinajstić information content (AvgIpc) is 2.53. The fourth-order valence-corrected chi connectivity index (χ4v) is 2.31. The number of hydrogen-bond donors (Lipinski definition) is 1. The van der Waals surface area contributed by atoms with Gasteiger partial charge in [0.15, 0.2) is 0 Å². The Morgan fingerprint density at radius 1 is 1.26 bits per heavy atom. The SMILES string of the molecule is COc1ccc(C)cc1[C@H](C)NC(=O)/C=C/c1cccc(F)c1. The molecule has 0 saturated heterocycles. The molecule has 120 valence electrons. The van der Waals surface area contributed by atoms with E-state index in [2.05, 4.69) is 5.32 Å². The van der Waals surface area contributed by atoms with Crippen molar-refractivity contribution in [3.8, 4) is 5.75 Å². The second kappa shape index (κ2) is 7.58. The summed E-state index contributed by atoms with van der Waals surface area (Å²) in [4.78, 5) is 12.0. The van der Waals surface area contributed by atoms with E-state index in [1.54, 1.807) is 25.3 Å². The van der Waals surface area contributed by atoms with Crippen molar-refractivity contribution < 1.29 is 13.9 Å². The molecule has 3 nitrogen and oxygen atoms in total. The Morgan fingerprint density at radius 3 is 2.74 bits per heavy atom. The topological polar surface area (TPSA) is 38.3 Å². The molecule has 1 atom stereocenters. The first kappa shape index (κ1) is 16.7. The van der Waals surface area contributed by atoms with Gasteiger partial charge in [0.1, 0.15) is 11.6 Å². The molecular weight excluding hydrogens is 293 g/mol. The summed E-state index contributed by atoms with van der Waals surface area (Å²) < 4.78 is 18.4. The lowest BCUT2D eigenvalue weighted by Gasteiger charge is -2.17. The molecule has 0 spiro atoms. The van der Waals surface area contributed by atoms with Gasteiger partial charge in [0, 0.05) is 11.6 Å². The van der Waals surface area contributed by atoms with Gasteiger partial charge < -0.3 is 10.1 Å². The van der Waals surface area contributed by atoms with Crippen LogP contribution in [-0.2, 0) is 4.79 Å². The van der Waals surface area contributed by atoms with Crippen LogP contribution in [0, 0.1) is 12.7 Å². The first-order valence-corrected chi connectivity index (χ1v) is 7.38. The summed E-state index contributed by atoms with van der Waals surface area (Å²) in [5.74, 6) is 0.160. The second-order valence-corrected chi connectivity index (χ2v) is 5.36. The Balaban J connectivity index is 2.06. The number of aryl methyl sites for hydroxylation is 1. The largest absolute Gasteiger partial charge is 0.496 e. The van der Waals surface area contributed by atoms with Gasteiger partial charge in [-0.25, -0.2) is 4.39 Å². The highest BCUT2D eigenvalue weighted by molar-refractivity contribution is 5.92. The number of nitrogens with one attached hydrogen (secondary N) is 1. The van der Waals surface area contributed by atoms with Crippen LogP contribution in [0.4, 0.5) is 4.39 Å². The van der Waals surface area contributed by atoms with E-state index in [-0.39, 0.29) is 17.8 Å². The predicted molar refractivity (Wildman–Crippen MR) is 89.7 cm³/mol. The van der Waals surface area contributed by atoms with E-state index >= 15 is 0 Å². The van der Waals surface area contributed by atoms with Crippen molar-refractivity contribution in [1.29, 1.82) is 0 Å². The van der Waals surface area contributed by atoms with Gasteiger partial charge in [-0.2, -0.15) is 0 Å². The maximum Gasteiger partial charge on any atom is 0.244 e. The third kappa shape index (κ3) is 4.68. The highest BCUT2D eigenvalue weighted by Gasteiger charge is 2.13. The summed E-state index contributed by atoms with van der Waals surface area (Å²) in [6, 6.07) is 11.7. The lowest BCUT2D eigenvalue weighted by atomic mass is 10.0. The zero-order chi connectivity index (χ0) is 16.8. The number of halogens is 1. The smallest absolute Gasteiger partial charge is 0.244 e. The van der Waals surface area contributed by atoms with Crippen LogP contribution < -0.4 is 10.1 Å². The molecule has 0 aliphatic rings. The molecule has 1 N–H and O–H groups in total. The molecule has 2 aromatic rings. The molecule has 2 rings (SSSR count). The molecule has 0 fully saturated rings. The lowest BCUT2D eigenvalue weighted by Crippen LogP contribution is -2.25. The summed E-state index contributed by atoms with van der Waals surface area (Å²) in [6.45, 7) is 3.88. The van der Waals surface area contributed by atoms with Gasteiger partial charge in [0.05, 0.1) is 13.2 Å². The summed E-state index contributed by atoms with van der Waals surface area (Å²) in [5.41, 5.74) is 2.65. The summed E-state index contributed by atoms with van der Waals surface area (Å²) in [5, 5.41) is 2.88. The highest BCUT2D eigenvalue weighted by Crippen LogP contribution is 2.26. The van der Waals surface area contributed by atoms with Crippen molar-refractivity contribution >= 4 is 12.0 Å². The van der Waals surface area contributed by atoms with Gasteiger partial charge >= 0.3 is 0 Å². The fraction of sp³-hybridized carbons (Fsp3) is 0.211. The van der Waals surface area contributed by atoms with Gasteiger partial charge in [-0.05, 0) is 43.7 Å². The van der Waals surface area contributed by atoms with Gasteiger partial charge in [0.25, 0.3) is 0 Å². The number of benzene rings is 2. The standard InChI is InChI=1S/C19H20FNO2/c1-13-7-9-18(23-3)17(11-13)14(2)21-19(22)10-8-15-5-4-6-16(20)12-15/h4-12,14H,1-3H3,(H,21,22)/b10-8+/t14-/m0/s1. The van der Waals surface area contributed by atoms with E-state index in [4.69, 9.17) is 4.74 Å². The van der Waals surface area contributed by atoms with Crippen molar-refractivity contribution in [2.45, 2.75) is 19.9 Å². The number of carbonyl (C=O) groups excluding carboxylic acids is 1. The van der Waals surface area contributed by atoms with Crippen LogP contribution >= 0.6 is 0 Å². The predicted octanol–water partition coefficient (Wildman–Crippen LogP) is 4.03. The molecule has 1 amide bonds. The van der Waals surface area contributed by atoms with Crippen LogP contribution in [0.15, 0.2) is 48.5 Å². The minimum Gasteiger partial charge on any atom is -0.496 e. The molecule has 0 unspecified atom stereocenters. The summed E-state index contributed by atoms with van der Waals surface area (Å²) in [6.07, 6.45) is 2.98. The Labute approximate surface area is 135 Å². The van der Waals surface area contributed by atoms with Crippen LogP contribution in [0.2, 0.25) is 0 Å². The molecule has 0 aliphatic heterocycles. The van der Waals surface area contributed by atoms with Crippen molar-refractivity contribution in [2.75, 3.05) is 7.11 Å². The number of amides is 1. The number of carbonyl (C=O) groups is 1. The third-order valence-corrected chi connectivity index (χ3v) is 3.49. The molecule has 23 heavy (non-hydrogen) atoms. The van der Waals surface area contributed by atoms with Gasteiger partial charge in [-0.1, -0.05) is 29.8 Å². The molecule has 0 radical (unpaired) electrons. The van der Waals surface area contributed by atoms with Crippen LogP contribution in [0.5, 0.6) is 5.75 Å². The minimum absolute atomic E-state index is 0.200. The van der Waals surface area contributed by atoms with Gasteiger partial charge in [-0.3, -0.25) is 4.79 Å². The van der Waals surface area contributed by atoms with E-state index in [9.17, 15) is 9.18 Å². The van der Waals surface area contributed by atoms with Gasteiger partial charge in [0.2, 0.25) is 5.91 Å². The zero-order valence-electron chi connectivity index (χ0n) is 13.5. The third-order valence-electron chi connectivity index (χ3n) is 3.49. The van der Waals surface area contributed by atoms with Crippen molar-refractivity contribution in [2.24, 2.45) is 0 Å². The monoisotopic (exact) mass is 313 g/mol. The molecule has 0 aromatic heterocycles. The molecule has 2 aromatic carbocycles. The van der Waals surface area contributed by atoms with E-state index in [0.29, 0.717) is 5.56 Å². The van der Waals surface area contributed by atoms with Crippen molar-refractivity contribution in [1.82, 2.24) is 5.32 Å². The van der Waals surface area contributed by atoms with Crippen LogP contribution in [-0.4, -0.2) is 13.0 Å². The van der Waals surface area contributed by atoms with Crippen molar-refractivity contribution in [3.05, 3.63) is 71.0 Å². The Kier molecular flexibility index (Phi) is 5.52. The first-order valence-electron chi connectivity index (χ1n) is 7.38. The lowest BCUT2D eigenvalue weighted by molar-refractivity contribution is -0.117. The van der Waals surface area contributed by atoms with Gasteiger partial charge in [-0.15, -0.1) is 0 Å². The summed E-state index contributed by atoms with van der Waals surface area (Å²) >= 11 is 0. The number of ether oxygens (including phenoxy) is 1. The quantitative estimate of drug-likeness (QED) is 0.846. The highest BCUT2D eigenvalue weighted by atomic mass is 19.1. The summed E-state index contributed by atoms with van der Waals surface area (Å²) in [7, 11) is 1.60. The molecule has 0 aliphatic carbocycles. The van der Waals surface area contributed by atoms with Crippen LogP contribution in [0.3, 0.4) is 0 Å². The Morgan fingerprint density at radius 2 is 2.04 bits per heavy atom. The number of methoxy groups -OCH3 is 1. The Hall–Kier alpha value is -2.62. The maximum absolute atomic E-state index is 13.1. The number of rotatable bonds is 5. The minimum atomic E-state index is -0.328. The average molecular weight is 313 g/mol. The van der Waals surface area contributed by atoms with E-state index in [1.807, 2.05) is 32.0 Å². The van der Waals surface area contributed by atoms with Crippen molar-refractivity contribution in [3.63, 3.8) is 0 Å². The van der Waals surface area contributed by atoms with Crippen LogP contribution in [0.25, 0.3) is 6.08 Å². The Bertz CT molecular complexity index is 725. The number of hydrogen-bond acceptors (Lipinski definition) is 2. The normalized spacial score (nSPS) is 12.2. The molecule has 0 bridgehead atoms. The fourth-order valence-electron chi connectivity index (χ4n) is 2.31. The molecule has 0 heterocycles.